The first-order valence-corrected chi connectivity index (χ1v) is 19.3. The van der Waals surface area contributed by atoms with Gasteiger partial charge in [-0.05, 0) is 70.5 Å². The molecule has 56 heavy (non-hydrogen) atoms. The molecular formula is C50H42N6. The molecule has 272 valence electrons. The molecule has 10 rings (SSSR count). The molecule has 0 atom stereocenters. The van der Waals surface area contributed by atoms with E-state index < -0.39 is 0 Å². The summed E-state index contributed by atoms with van der Waals surface area (Å²) < 4.78 is 0. The Kier molecular flexibility index (Phi) is 7.52. The third-order valence-electron chi connectivity index (χ3n) is 11.0. The van der Waals surface area contributed by atoms with Gasteiger partial charge in [-0.3, -0.25) is 0 Å². The molecule has 6 heteroatoms. The third kappa shape index (κ3) is 5.39. The molecule has 0 fully saturated rings. The number of hydrogen-bond acceptors (Lipinski definition) is 4. The van der Waals surface area contributed by atoms with Crippen molar-refractivity contribution in [1.82, 2.24) is 10.6 Å². The summed E-state index contributed by atoms with van der Waals surface area (Å²) in [6.07, 6.45) is 0. The highest BCUT2D eigenvalue weighted by Gasteiger charge is 2.36. The molecule has 0 N–H and O–H groups in total. The molecule has 0 saturated carbocycles. The first-order chi connectivity index (χ1) is 27.0. The van der Waals surface area contributed by atoms with E-state index in [1.807, 2.05) is 36.4 Å². The van der Waals surface area contributed by atoms with E-state index in [0.29, 0.717) is 11.7 Å². The quantitative estimate of drug-likeness (QED) is 0.170. The van der Waals surface area contributed by atoms with E-state index in [1.165, 1.54) is 11.1 Å². The summed E-state index contributed by atoms with van der Waals surface area (Å²) in [6, 6.07) is 51.1. The molecule has 2 aliphatic heterocycles. The van der Waals surface area contributed by atoms with Gasteiger partial charge in [0, 0.05) is 43.4 Å². The van der Waals surface area contributed by atoms with Crippen molar-refractivity contribution in [1.29, 1.82) is 0 Å². The Labute approximate surface area is 328 Å². The smallest absolute Gasteiger partial charge is 0.180 e. The molecule has 8 aromatic rings. The molecule has 0 amide bonds. The van der Waals surface area contributed by atoms with Crippen LogP contribution in [0.3, 0.4) is 0 Å². The zero-order valence-corrected chi connectivity index (χ0v) is 32.5. The third-order valence-corrected chi connectivity index (χ3v) is 11.0. The predicted molar refractivity (Wildman–Crippen MR) is 234 cm³/mol. The molecule has 0 spiro atoms. The highest BCUT2D eigenvalue weighted by atomic mass is 15.5. The number of amidine groups is 2. The van der Waals surface area contributed by atoms with Crippen LogP contribution in [-0.2, 0) is 10.8 Å². The summed E-state index contributed by atoms with van der Waals surface area (Å²) in [7, 11) is 0. The van der Waals surface area contributed by atoms with Gasteiger partial charge < -0.3 is 0 Å². The zero-order chi connectivity index (χ0) is 38.3. The van der Waals surface area contributed by atoms with Gasteiger partial charge in [-0.2, -0.15) is 0 Å². The average molecular weight is 727 g/mol. The van der Waals surface area contributed by atoms with E-state index in [2.05, 4.69) is 161 Å². The Balaban J connectivity index is 1.41. The predicted octanol–water partition coefficient (Wildman–Crippen LogP) is 12.7. The highest BCUT2D eigenvalue weighted by Crippen LogP contribution is 2.57. The van der Waals surface area contributed by atoms with Crippen LogP contribution in [0.25, 0.3) is 32.3 Å². The van der Waals surface area contributed by atoms with Gasteiger partial charge in [-0.1, -0.05) is 139 Å². The van der Waals surface area contributed by atoms with Crippen molar-refractivity contribution in [2.45, 2.75) is 52.4 Å². The van der Waals surface area contributed by atoms with Crippen molar-refractivity contribution < 1.29 is 0 Å². The fourth-order valence-electron chi connectivity index (χ4n) is 8.08. The molecule has 0 bridgehead atoms. The maximum Gasteiger partial charge on any atom is 0.180 e. The number of anilines is 4. The Morgan fingerprint density at radius 2 is 0.714 bits per heavy atom. The fourth-order valence-corrected chi connectivity index (χ4v) is 8.08. The molecular weight excluding hydrogens is 685 g/mol. The fraction of sp³-hybridized carbons (Fsp3) is 0.160. The standard InChI is InChI=1S/C50H42N6/c1-49(2,3)33-27-37-41-39(29-33)45-44(52-48(32-21-13-8-14-22-32)53-55(45)35-23-15-9-16-24-35)38-28-34(50(4,5)6)30-40(42(38)41)46-43(37)51-47(31-19-11-7-12-20-31)54-56(46)36-25-17-10-18-26-36/h7-30H,1-6H3. The molecule has 0 unspecified atom stereocenters. The van der Waals surface area contributed by atoms with E-state index in [0.717, 1.165) is 77.6 Å². The number of hydrogen-bond donors (Lipinski definition) is 0. The van der Waals surface area contributed by atoms with Crippen LogP contribution < -0.4 is 20.7 Å². The SMILES string of the molecule is CC(C)(C)c1cc2c3c(c4cc(C(C)(C)C)cc5c6c(c(c1)c2c54)N(c1ccccc1)N=C(c1ccccc1)[N]6)N(c1ccccc1)N=C(c1ccccc1)[N]3. The van der Waals surface area contributed by atoms with E-state index in [1.54, 1.807) is 0 Å². The molecule has 2 heterocycles. The van der Waals surface area contributed by atoms with Crippen molar-refractivity contribution in [2.75, 3.05) is 10.0 Å². The molecule has 0 aliphatic carbocycles. The molecule has 2 aliphatic rings. The van der Waals surface area contributed by atoms with Gasteiger partial charge >= 0.3 is 0 Å². The normalized spacial score (nSPS) is 14.3. The van der Waals surface area contributed by atoms with E-state index in [-0.39, 0.29) is 10.8 Å². The second kappa shape index (κ2) is 12.4. The highest BCUT2D eigenvalue weighted by molar-refractivity contribution is 6.37. The maximum absolute atomic E-state index is 5.54. The van der Waals surface area contributed by atoms with Crippen molar-refractivity contribution in [3.63, 3.8) is 0 Å². The van der Waals surface area contributed by atoms with Crippen LogP contribution in [0.15, 0.2) is 156 Å². The first kappa shape index (κ1) is 33.9. The maximum atomic E-state index is 5.54. The number of fused-ring (bicyclic) bond motifs is 6. The van der Waals surface area contributed by atoms with Gasteiger partial charge in [-0.15, -0.1) is 10.2 Å². The van der Waals surface area contributed by atoms with Crippen LogP contribution >= 0.6 is 0 Å². The minimum Gasteiger partial charge on any atom is -0.229 e. The van der Waals surface area contributed by atoms with Crippen molar-refractivity contribution in [3.8, 4) is 0 Å². The first-order valence-electron chi connectivity index (χ1n) is 19.3. The largest absolute Gasteiger partial charge is 0.229 e. The van der Waals surface area contributed by atoms with Crippen molar-refractivity contribution in [2.24, 2.45) is 10.2 Å². The number of hydrazone groups is 2. The minimum atomic E-state index is -0.171. The summed E-state index contributed by atoms with van der Waals surface area (Å²) in [6.45, 7) is 13.7. The summed E-state index contributed by atoms with van der Waals surface area (Å²) in [5.41, 5.74) is 9.70. The second-order valence-electron chi connectivity index (χ2n) is 16.9. The lowest BCUT2D eigenvalue weighted by Gasteiger charge is -2.35. The topological polar surface area (TPSA) is 59.4 Å². The summed E-state index contributed by atoms with van der Waals surface area (Å²) in [4.78, 5) is 0. The molecule has 6 nitrogen and oxygen atoms in total. The monoisotopic (exact) mass is 726 g/mol. The van der Waals surface area contributed by atoms with Crippen molar-refractivity contribution in [3.05, 3.63) is 168 Å². The lowest BCUT2D eigenvalue weighted by atomic mass is 9.79. The van der Waals surface area contributed by atoms with Gasteiger partial charge in [0.2, 0.25) is 0 Å². The number of rotatable bonds is 4. The van der Waals surface area contributed by atoms with Gasteiger partial charge in [0.25, 0.3) is 0 Å². The van der Waals surface area contributed by atoms with Crippen LogP contribution in [0.5, 0.6) is 0 Å². The van der Waals surface area contributed by atoms with E-state index >= 15 is 0 Å². The summed E-state index contributed by atoms with van der Waals surface area (Å²) in [5, 5.41) is 32.7. The number of benzene rings is 8. The zero-order valence-electron chi connectivity index (χ0n) is 32.5. The lowest BCUT2D eigenvalue weighted by molar-refractivity contribution is 0.591. The minimum absolute atomic E-state index is 0.171. The van der Waals surface area contributed by atoms with Gasteiger partial charge in [-0.25, -0.2) is 20.7 Å². The Hall–Kier alpha value is -6.66. The van der Waals surface area contributed by atoms with Crippen LogP contribution in [0.2, 0.25) is 0 Å². The average Bonchev–Trinajstić information content (AvgIpc) is 3.22. The lowest BCUT2D eigenvalue weighted by Crippen LogP contribution is -2.28. The second-order valence-corrected chi connectivity index (χ2v) is 16.9. The molecule has 0 aromatic heterocycles. The Morgan fingerprint density at radius 3 is 1.05 bits per heavy atom. The van der Waals surface area contributed by atoms with E-state index in [4.69, 9.17) is 20.8 Å². The van der Waals surface area contributed by atoms with Crippen LogP contribution in [-0.4, -0.2) is 11.7 Å². The Bertz CT molecular complexity index is 2650. The van der Waals surface area contributed by atoms with Gasteiger partial charge in [0.15, 0.2) is 11.7 Å². The molecule has 8 aromatic carbocycles. The van der Waals surface area contributed by atoms with Crippen LogP contribution in [0, 0.1) is 0 Å². The number of para-hydroxylation sites is 2. The number of nitrogens with zero attached hydrogens (tertiary/aromatic N) is 6. The Morgan fingerprint density at radius 1 is 0.393 bits per heavy atom. The summed E-state index contributed by atoms with van der Waals surface area (Å²) in [5.74, 6) is 1.34. The van der Waals surface area contributed by atoms with Crippen LogP contribution in [0.1, 0.15) is 63.8 Å². The van der Waals surface area contributed by atoms with Gasteiger partial charge in [0.1, 0.15) is 0 Å². The summed E-state index contributed by atoms with van der Waals surface area (Å²) >= 11 is 0. The molecule has 0 saturated heterocycles. The molecule has 2 radical (unpaired) electrons. The van der Waals surface area contributed by atoms with Gasteiger partial charge in [0.05, 0.1) is 34.1 Å². The van der Waals surface area contributed by atoms with E-state index in [9.17, 15) is 0 Å². The van der Waals surface area contributed by atoms with Crippen molar-refractivity contribution >= 4 is 78.1 Å². The van der Waals surface area contributed by atoms with Crippen LogP contribution in [0.4, 0.5) is 34.1 Å².